The van der Waals surface area contributed by atoms with Crippen molar-refractivity contribution in [1.29, 1.82) is 0 Å². The van der Waals surface area contributed by atoms with Gasteiger partial charge in [-0.15, -0.1) is 0 Å². The number of hydrogen-bond donors (Lipinski definition) is 3. The van der Waals surface area contributed by atoms with Gasteiger partial charge in [0.2, 0.25) is 5.91 Å². The maximum atomic E-state index is 13.5. The number of ether oxygens (including phenoxy) is 2. The first kappa shape index (κ1) is 29.3. The molecule has 5 rings (SSSR count). The smallest absolute Gasteiger partial charge is 0.408 e. The lowest BCUT2D eigenvalue weighted by Gasteiger charge is -2.40. The summed E-state index contributed by atoms with van der Waals surface area (Å²) in [7, 11) is 0. The van der Waals surface area contributed by atoms with Crippen LogP contribution in [0.3, 0.4) is 0 Å². The SMILES string of the molecule is O=C(O)CCOCCNC(=O)C1(NC(=O)OCC2c3ccccc3-c3ccccc32)CCN(Cc2ccccc2)CC1. The summed E-state index contributed by atoms with van der Waals surface area (Å²) in [5, 5.41) is 14.6. The summed E-state index contributed by atoms with van der Waals surface area (Å²) in [4.78, 5) is 39.7. The van der Waals surface area contributed by atoms with Crippen LogP contribution in [0.25, 0.3) is 11.1 Å². The van der Waals surface area contributed by atoms with E-state index in [0.29, 0.717) is 25.9 Å². The molecule has 1 aliphatic heterocycles. The van der Waals surface area contributed by atoms with Crippen LogP contribution in [0.2, 0.25) is 0 Å². The third kappa shape index (κ3) is 6.98. The minimum atomic E-state index is -1.13. The Hall–Kier alpha value is -4.21. The predicted octanol–water partition coefficient (Wildman–Crippen LogP) is 4.17. The number of nitrogens with one attached hydrogen (secondary N) is 2. The maximum absolute atomic E-state index is 13.5. The number of aliphatic carboxylic acids is 1. The van der Waals surface area contributed by atoms with Gasteiger partial charge in [-0.1, -0.05) is 78.9 Å². The Labute approximate surface area is 245 Å². The Morgan fingerprint density at radius 2 is 1.48 bits per heavy atom. The molecule has 0 spiro atoms. The van der Waals surface area contributed by atoms with Crippen LogP contribution in [-0.2, 0) is 25.6 Å². The van der Waals surface area contributed by atoms with Crippen molar-refractivity contribution in [2.24, 2.45) is 0 Å². The molecule has 0 unspecified atom stereocenters. The fourth-order valence-corrected chi connectivity index (χ4v) is 5.84. The number of nitrogens with zero attached hydrogens (tertiary/aromatic N) is 1. The zero-order chi connectivity index (χ0) is 29.4. The van der Waals surface area contributed by atoms with E-state index in [4.69, 9.17) is 14.6 Å². The topological polar surface area (TPSA) is 117 Å². The molecule has 0 aromatic heterocycles. The Kier molecular flexibility index (Phi) is 9.51. The number of benzene rings is 3. The van der Waals surface area contributed by atoms with Gasteiger partial charge < -0.3 is 25.2 Å². The molecule has 3 aromatic carbocycles. The highest BCUT2D eigenvalue weighted by molar-refractivity contribution is 5.90. The average molecular weight is 572 g/mol. The Bertz CT molecular complexity index is 1340. The molecular weight excluding hydrogens is 534 g/mol. The van der Waals surface area contributed by atoms with Crippen molar-refractivity contribution in [3.8, 4) is 11.1 Å². The molecule has 0 radical (unpaired) electrons. The van der Waals surface area contributed by atoms with Crippen molar-refractivity contribution < 1.29 is 29.0 Å². The molecule has 2 amide bonds. The first-order valence-electron chi connectivity index (χ1n) is 14.4. The second kappa shape index (κ2) is 13.6. The van der Waals surface area contributed by atoms with Crippen molar-refractivity contribution in [1.82, 2.24) is 15.5 Å². The summed E-state index contributed by atoms with van der Waals surface area (Å²) in [6.45, 7) is 2.64. The fraction of sp³-hybridized carbons (Fsp3) is 0.364. The van der Waals surface area contributed by atoms with Crippen LogP contribution in [0, 0.1) is 0 Å². The first-order valence-corrected chi connectivity index (χ1v) is 14.4. The summed E-state index contributed by atoms with van der Waals surface area (Å²) in [5.74, 6) is -1.31. The van der Waals surface area contributed by atoms with Gasteiger partial charge in [-0.05, 0) is 40.7 Å². The van der Waals surface area contributed by atoms with E-state index in [9.17, 15) is 14.4 Å². The number of alkyl carbamates (subject to hydrolysis) is 1. The standard InChI is InChI=1S/C33H37N3O6/c37-30(38)14-20-41-21-17-34-31(39)33(15-18-36(19-16-33)22-24-8-2-1-3-9-24)35-32(40)42-23-29-27-12-6-4-10-25(27)26-11-5-7-13-28(26)29/h1-13,29H,14-23H2,(H,34,39)(H,35,40)(H,37,38). The highest BCUT2D eigenvalue weighted by Crippen LogP contribution is 2.44. The largest absolute Gasteiger partial charge is 0.481 e. The normalized spacial score (nSPS) is 15.8. The molecule has 220 valence electrons. The monoisotopic (exact) mass is 571 g/mol. The van der Waals surface area contributed by atoms with Crippen molar-refractivity contribution in [2.75, 3.05) is 39.5 Å². The van der Waals surface area contributed by atoms with Gasteiger partial charge in [-0.2, -0.15) is 0 Å². The minimum absolute atomic E-state index is 0.0722. The highest BCUT2D eigenvalue weighted by Gasteiger charge is 2.43. The second-order valence-corrected chi connectivity index (χ2v) is 10.8. The van der Waals surface area contributed by atoms with Crippen LogP contribution in [0.5, 0.6) is 0 Å². The number of piperidine rings is 1. The van der Waals surface area contributed by atoms with Crippen LogP contribution >= 0.6 is 0 Å². The van der Waals surface area contributed by atoms with Gasteiger partial charge >= 0.3 is 12.1 Å². The molecule has 0 atom stereocenters. The molecule has 1 heterocycles. The Balaban J connectivity index is 1.22. The van der Waals surface area contributed by atoms with E-state index in [0.717, 1.165) is 28.8 Å². The number of carboxylic acid groups (broad SMARTS) is 1. The zero-order valence-electron chi connectivity index (χ0n) is 23.6. The predicted molar refractivity (Wildman–Crippen MR) is 158 cm³/mol. The molecule has 42 heavy (non-hydrogen) atoms. The molecule has 1 fully saturated rings. The van der Waals surface area contributed by atoms with E-state index in [-0.39, 0.29) is 44.6 Å². The Morgan fingerprint density at radius 1 is 0.857 bits per heavy atom. The lowest BCUT2D eigenvalue weighted by Crippen LogP contribution is -2.63. The molecule has 3 N–H and O–H groups in total. The van der Waals surface area contributed by atoms with Crippen LogP contribution < -0.4 is 10.6 Å². The summed E-state index contributed by atoms with van der Waals surface area (Å²) in [5.41, 5.74) is 4.60. The number of carbonyl (C=O) groups excluding carboxylic acids is 2. The number of hydrogen-bond acceptors (Lipinski definition) is 6. The molecule has 9 nitrogen and oxygen atoms in total. The number of carboxylic acids is 1. The lowest BCUT2D eigenvalue weighted by molar-refractivity contribution is -0.138. The van der Waals surface area contributed by atoms with Gasteiger partial charge in [0.05, 0.1) is 19.6 Å². The van der Waals surface area contributed by atoms with Crippen molar-refractivity contribution in [3.63, 3.8) is 0 Å². The van der Waals surface area contributed by atoms with E-state index in [2.05, 4.69) is 51.9 Å². The quantitative estimate of drug-likeness (QED) is 0.280. The first-order chi connectivity index (χ1) is 20.4. The molecule has 9 heteroatoms. The lowest BCUT2D eigenvalue weighted by atomic mass is 9.86. The number of rotatable bonds is 12. The van der Waals surface area contributed by atoms with E-state index >= 15 is 0 Å². The minimum Gasteiger partial charge on any atom is -0.481 e. The third-order valence-electron chi connectivity index (χ3n) is 8.07. The number of amides is 2. The zero-order valence-corrected chi connectivity index (χ0v) is 23.6. The summed E-state index contributed by atoms with van der Waals surface area (Å²) in [6.07, 6.45) is 0.130. The van der Waals surface area contributed by atoms with Crippen LogP contribution in [0.4, 0.5) is 4.79 Å². The van der Waals surface area contributed by atoms with Gasteiger partial charge in [0.1, 0.15) is 12.1 Å². The Morgan fingerprint density at radius 3 is 2.12 bits per heavy atom. The second-order valence-electron chi connectivity index (χ2n) is 10.8. The van der Waals surface area contributed by atoms with Gasteiger partial charge in [0.15, 0.2) is 0 Å². The average Bonchev–Trinajstić information content (AvgIpc) is 3.33. The molecular formula is C33H37N3O6. The fourth-order valence-electron chi connectivity index (χ4n) is 5.84. The van der Waals surface area contributed by atoms with Crippen molar-refractivity contribution in [2.45, 2.75) is 37.3 Å². The third-order valence-corrected chi connectivity index (χ3v) is 8.07. The highest BCUT2D eigenvalue weighted by atomic mass is 16.5. The molecule has 3 aromatic rings. The van der Waals surface area contributed by atoms with Gasteiger partial charge in [-0.25, -0.2) is 4.79 Å². The molecule has 0 saturated carbocycles. The number of likely N-dealkylation sites (tertiary alicyclic amines) is 1. The van der Waals surface area contributed by atoms with Crippen molar-refractivity contribution >= 4 is 18.0 Å². The van der Waals surface area contributed by atoms with E-state index in [1.165, 1.54) is 5.56 Å². The van der Waals surface area contributed by atoms with Crippen LogP contribution in [0.15, 0.2) is 78.9 Å². The maximum Gasteiger partial charge on any atom is 0.408 e. The summed E-state index contributed by atoms with van der Waals surface area (Å²) < 4.78 is 11.1. The van der Waals surface area contributed by atoms with E-state index in [1.54, 1.807) is 0 Å². The molecule has 1 aliphatic carbocycles. The van der Waals surface area contributed by atoms with Gasteiger partial charge in [-0.3, -0.25) is 14.5 Å². The van der Waals surface area contributed by atoms with Crippen LogP contribution in [0.1, 0.15) is 41.9 Å². The molecule has 1 saturated heterocycles. The van der Waals surface area contributed by atoms with Crippen LogP contribution in [-0.4, -0.2) is 73.0 Å². The number of carbonyl (C=O) groups is 3. The van der Waals surface area contributed by atoms with E-state index in [1.807, 2.05) is 42.5 Å². The van der Waals surface area contributed by atoms with Gasteiger partial charge in [0.25, 0.3) is 0 Å². The van der Waals surface area contributed by atoms with Crippen molar-refractivity contribution in [3.05, 3.63) is 95.6 Å². The van der Waals surface area contributed by atoms with Gasteiger partial charge in [0, 0.05) is 32.1 Å². The number of fused-ring (bicyclic) bond motifs is 3. The summed E-state index contributed by atoms with van der Waals surface area (Å²) in [6, 6.07) is 26.5. The summed E-state index contributed by atoms with van der Waals surface area (Å²) >= 11 is 0. The van der Waals surface area contributed by atoms with E-state index < -0.39 is 17.6 Å². The molecule has 0 bridgehead atoms. The molecule has 2 aliphatic rings.